The van der Waals surface area contributed by atoms with Crippen LogP contribution >= 0.6 is 0 Å². The SMILES string of the molecule is C=C[C@@H]1C[C@]1(NC(=O)[C@@H]1C[C@@H](Oc2cc(-c3ccccc3)nc3cc(OC)ccc23)CN1C(=O)[C@@H](NC(=O)Oc1ccccc1OC)C(C)(C)C)C(=O)NS(=O)(=O)C1(Cc2ccccc2)CC1. The lowest BCUT2D eigenvalue weighted by Gasteiger charge is -2.35. The second-order valence-corrected chi connectivity index (χ2v) is 20.6. The number of nitrogens with zero attached hydrogens (tertiary/aromatic N) is 2. The van der Waals surface area contributed by atoms with Crippen molar-refractivity contribution < 1.29 is 46.5 Å². The minimum absolute atomic E-state index is 0.0321. The van der Waals surface area contributed by atoms with Crippen molar-refractivity contribution in [3.8, 4) is 34.3 Å². The second kappa shape index (κ2) is 18.4. The molecule has 15 nitrogen and oxygen atoms in total. The van der Waals surface area contributed by atoms with Crippen molar-refractivity contribution >= 4 is 44.7 Å². The molecule has 1 aromatic heterocycles. The van der Waals surface area contributed by atoms with Gasteiger partial charge in [0.15, 0.2) is 11.5 Å². The first-order valence-electron chi connectivity index (χ1n) is 22.2. The first-order chi connectivity index (χ1) is 32.0. The summed E-state index contributed by atoms with van der Waals surface area (Å²) in [6.07, 6.45) is 0.820. The van der Waals surface area contributed by atoms with E-state index >= 15 is 4.79 Å². The second-order valence-electron chi connectivity index (χ2n) is 18.5. The Bertz CT molecular complexity index is 2810. The highest BCUT2D eigenvalue weighted by Gasteiger charge is 2.63. The summed E-state index contributed by atoms with van der Waals surface area (Å²) in [4.78, 5) is 63.9. The van der Waals surface area contributed by atoms with Crippen LogP contribution in [0.2, 0.25) is 0 Å². The number of para-hydroxylation sites is 2. The van der Waals surface area contributed by atoms with Crippen LogP contribution in [0, 0.1) is 11.3 Å². The van der Waals surface area contributed by atoms with Gasteiger partial charge in [-0.05, 0) is 60.9 Å². The Balaban J connectivity index is 1.10. The van der Waals surface area contributed by atoms with Gasteiger partial charge >= 0.3 is 6.09 Å². The highest BCUT2D eigenvalue weighted by Crippen LogP contribution is 2.49. The Morgan fingerprint density at radius 1 is 0.881 bits per heavy atom. The molecule has 67 heavy (non-hydrogen) atoms. The summed E-state index contributed by atoms with van der Waals surface area (Å²) in [5.41, 5.74) is 0.284. The van der Waals surface area contributed by atoms with Crippen LogP contribution in [-0.4, -0.2) is 91.4 Å². The summed E-state index contributed by atoms with van der Waals surface area (Å²) in [5.74, 6) is -1.34. The van der Waals surface area contributed by atoms with E-state index in [2.05, 4.69) is 21.9 Å². The molecule has 3 fully saturated rings. The third kappa shape index (κ3) is 9.66. The summed E-state index contributed by atoms with van der Waals surface area (Å²) in [6, 6.07) is 30.1. The van der Waals surface area contributed by atoms with Crippen LogP contribution < -0.4 is 34.3 Å². The van der Waals surface area contributed by atoms with Crippen LogP contribution in [0.3, 0.4) is 0 Å². The largest absolute Gasteiger partial charge is 0.497 e. The molecular weight excluding hydrogens is 875 g/mol. The van der Waals surface area contributed by atoms with Crippen molar-refractivity contribution in [2.75, 3.05) is 20.8 Å². The van der Waals surface area contributed by atoms with Crippen molar-refractivity contribution in [1.29, 1.82) is 0 Å². The van der Waals surface area contributed by atoms with Gasteiger partial charge in [-0.2, -0.15) is 0 Å². The van der Waals surface area contributed by atoms with Gasteiger partial charge in [-0.1, -0.05) is 99.6 Å². The lowest BCUT2D eigenvalue weighted by molar-refractivity contribution is -0.142. The molecule has 0 spiro atoms. The molecule has 16 heteroatoms. The van der Waals surface area contributed by atoms with E-state index in [1.807, 2.05) is 66.7 Å². The normalized spacial score (nSPS) is 21.0. The maximum absolute atomic E-state index is 15.0. The van der Waals surface area contributed by atoms with Crippen LogP contribution in [0.4, 0.5) is 4.79 Å². The molecule has 0 radical (unpaired) electrons. The first kappa shape index (κ1) is 46.6. The van der Waals surface area contributed by atoms with E-state index in [0.717, 1.165) is 11.1 Å². The molecule has 1 aliphatic heterocycles. The van der Waals surface area contributed by atoms with Crippen molar-refractivity contribution in [3.63, 3.8) is 0 Å². The molecule has 2 aliphatic carbocycles. The number of benzene rings is 4. The zero-order chi connectivity index (χ0) is 47.7. The smallest absolute Gasteiger partial charge is 0.413 e. The monoisotopic (exact) mass is 929 g/mol. The number of fused-ring (bicyclic) bond motifs is 1. The van der Waals surface area contributed by atoms with Gasteiger partial charge in [-0.25, -0.2) is 18.2 Å². The predicted molar refractivity (Wildman–Crippen MR) is 252 cm³/mol. The number of nitrogens with one attached hydrogen (secondary N) is 3. The number of pyridine rings is 1. The van der Waals surface area contributed by atoms with Gasteiger partial charge in [0, 0.05) is 35.4 Å². The number of aromatic nitrogens is 1. The van der Waals surface area contributed by atoms with E-state index in [4.69, 9.17) is 23.9 Å². The molecule has 2 saturated carbocycles. The summed E-state index contributed by atoms with van der Waals surface area (Å²) in [5, 5.41) is 6.26. The Kier molecular flexibility index (Phi) is 12.8. The van der Waals surface area contributed by atoms with Crippen LogP contribution in [0.25, 0.3) is 22.2 Å². The van der Waals surface area contributed by atoms with Crippen molar-refractivity contribution in [1.82, 2.24) is 25.2 Å². The molecule has 2 heterocycles. The third-order valence-corrected chi connectivity index (χ3v) is 15.0. The lowest BCUT2D eigenvalue weighted by Crippen LogP contribution is -2.60. The molecule has 4 amide bonds. The zero-order valence-corrected chi connectivity index (χ0v) is 38.9. The highest BCUT2D eigenvalue weighted by molar-refractivity contribution is 7.91. The summed E-state index contributed by atoms with van der Waals surface area (Å²) in [7, 11) is -1.20. The van der Waals surface area contributed by atoms with Gasteiger partial charge in [0.2, 0.25) is 21.8 Å². The van der Waals surface area contributed by atoms with Crippen LogP contribution in [-0.2, 0) is 30.8 Å². The fourth-order valence-corrected chi connectivity index (χ4v) is 10.4. The fourth-order valence-electron chi connectivity index (χ4n) is 8.78. The van der Waals surface area contributed by atoms with Gasteiger partial charge in [0.1, 0.15) is 35.2 Å². The number of hydrogen-bond acceptors (Lipinski definition) is 11. The van der Waals surface area contributed by atoms with Crippen LogP contribution in [0.5, 0.6) is 23.0 Å². The number of carbonyl (C=O) groups is 4. The van der Waals surface area contributed by atoms with Crippen molar-refractivity contribution in [2.24, 2.45) is 11.3 Å². The zero-order valence-electron chi connectivity index (χ0n) is 38.1. The molecule has 0 bridgehead atoms. The van der Waals surface area contributed by atoms with E-state index in [9.17, 15) is 22.8 Å². The predicted octanol–water partition coefficient (Wildman–Crippen LogP) is 6.75. The number of amides is 4. The molecule has 4 aromatic carbocycles. The Hall–Kier alpha value is -6.94. The maximum Gasteiger partial charge on any atom is 0.413 e. The molecular formula is C51H55N5O10S. The van der Waals surface area contributed by atoms with Crippen LogP contribution in [0.1, 0.15) is 52.0 Å². The number of ether oxygens (including phenoxy) is 4. The van der Waals surface area contributed by atoms with Gasteiger partial charge in [-0.3, -0.25) is 19.1 Å². The summed E-state index contributed by atoms with van der Waals surface area (Å²) >= 11 is 0. The highest BCUT2D eigenvalue weighted by atomic mass is 32.2. The number of hydrogen-bond donors (Lipinski definition) is 3. The Morgan fingerprint density at radius 2 is 1.55 bits per heavy atom. The minimum atomic E-state index is -4.20. The summed E-state index contributed by atoms with van der Waals surface area (Å²) < 4.78 is 52.3. The summed E-state index contributed by atoms with van der Waals surface area (Å²) in [6.45, 7) is 9.06. The van der Waals surface area contributed by atoms with E-state index in [1.54, 1.807) is 70.3 Å². The molecule has 350 valence electrons. The van der Waals surface area contributed by atoms with Crippen molar-refractivity contribution in [2.45, 2.75) is 81.3 Å². The van der Waals surface area contributed by atoms with Crippen molar-refractivity contribution in [3.05, 3.63) is 127 Å². The maximum atomic E-state index is 15.0. The van der Waals surface area contributed by atoms with E-state index in [-0.39, 0.29) is 31.6 Å². The average Bonchev–Trinajstić information content (AvgIpc) is 4.22. The van der Waals surface area contributed by atoms with E-state index in [1.165, 1.54) is 18.1 Å². The van der Waals surface area contributed by atoms with Gasteiger partial charge in [0.25, 0.3) is 5.91 Å². The lowest BCUT2D eigenvalue weighted by atomic mass is 9.85. The quantitative estimate of drug-likeness (QED) is 0.0887. The fraction of sp³-hybridized carbons (Fsp3) is 0.353. The minimum Gasteiger partial charge on any atom is -0.497 e. The number of sulfonamides is 1. The van der Waals surface area contributed by atoms with Gasteiger partial charge in [0.05, 0.1) is 36.7 Å². The van der Waals surface area contributed by atoms with Gasteiger partial charge < -0.3 is 34.5 Å². The van der Waals surface area contributed by atoms with E-state index < -0.39 is 73.6 Å². The molecule has 1 saturated heterocycles. The number of methoxy groups -OCH3 is 2. The Labute approximate surface area is 390 Å². The molecule has 5 aromatic rings. The standard InChI is InChI=1S/C51H55N5O10S/c1-7-34-30-51(34,47(59)55-67(61,62)50(24-25-50)29-32-16-10-8-11-17-32)54-45(57)40-27-36(65-43-28-38(33-18-12-9-13-19-33)52-39-26-35(63-5)22-23-37(39)43)31-56(40)46(58)44(49(2,3)4)53-48(60)66-42-21-15-14-20-41(42)64-6/h7-23,26,28,34,36,40,44H,1,24-25,27,29-31H2,2-6H3,(H,53,60)(H,54,57)(H,55,59)/t34-,36-,40+,44-,51-/m1/s1. The number of carbonyl (C=O) groups excluding carboxylic acids is 4. The number of likely N-dealkylation sites (tertiary alicyclic amines) is 1. The van der Waals surface area contributed by atoms with E-state index in [0.29, 0.717) is 46.7 Å². The molecule has 5 atom stereocenters. The third-order valence-electron chi connectivity index (χ3n) is 12.9. The molecule has 3 aliphatic rings. The Morgan fingerprint density at radius 3 is 2.18 bits per heavy atom. The molecule has 0 unspecified atom stereocenters. The molecule has 8 rings (SSSR count). The topological polar surface area (TPSA) is 192 Å². The molecule has 3 N–H and O–H groups in total. The van der Waals surface area contributed by atoms with Gasteiger partial charge in [-0.15, -0.1) is 6.58 Å². The van der Waals surface area contributed by atoms with Crippen LogP contribution in [0.15, 0.2) is 122 Å². The average molecular weight is 930 g/mol. The number of rotatable bonds is 16. The first-order valence-corrected chi connectivity index (χ1v) is 23.7.